The van der Waals surface area contributed by atoms with Gasteiger partial charge >= 0.3 is 0 Å². The first-order valence-electron chi connectivity index (χ1n) is 12.1. The van der Waals surface area contributed by atoms with Crippen molar-refractivity contribution in [3.8, 4) is 23.0 Å². The second-order valence-corrected chi connectivity index (χ2v) is 8.96. The summed E-state index contributed by atoms with van der Waals surface area (Å²) in [7, 11) is 6.12. The molecule has 0 unspecified atom stereocenters. The molecule has 0 bridgehead atoms. The first-order chi connectivity index (χ1) is 18.4. The molecule has 0 spiro atoms. The molecule has 0 aliphatic carbocycles. The van der Waals surface area contributed by atoms with Crippen molar-refractivity contribution >= 4 is 11.8 Å². The van der Waals surface area contributed by atoms with Crippen molar-refractivity contribution in [3.63, 3.8) is 0 Å². The number of carbonyl (C=O) groups is 2. The lowest BCUT2D eigenvalue weighted by molar-refractivity contribution is -0.125. The molecule has 3 aromatic carbocycles. The number of carbonyl (C=O) groups excluding carboxylic acids is 2. The number of likely N-dealkylation sites (tertiary alicyclic amines) is 1. The second-order valence-electron chi connectivity index (χ2n) is 8.96. The summed E-state index contributed by atoms with van der Waals surface area (Å²) in [4.78, 5) is 28.6. The van der Waals surface area contributed by atoms with Crippen LogP contribution in [0.15, 0.2) is 60.7 Å². The number of methoxy groups -OCH3 is 4. The van der Waals surface area contributed by atoms with Gasteiger partial charge in [-0.25, -0.2) is 4.39 Å². The molecule has 8 nitrogen and oxygen atoms in total. The highest BCUT2D eigenvalue weighted by Gasteiger charge is 2.41. The van der Waals surface area contributed by atoms with Crippen LogP contribution in [0.1, 0.15) is 27.4 Å². The number of benzene rings is 3. The summed E-state index contributed by atoms with van der Waals surface area (Å²) in [5.74, 6) is 0.298. The van der Waals surface area contributed by atoms with Gasteiger partial charge in [0.1, 0.15) is 11.6 Å². The number of amides is 2. The molecule has 1 heterocycles. The summed E-state index contributed by atoms with van der Waals surface area (Å²) < 4.78 is 35.1. The predicted octanol–water partition coefficient (Wildman–Crippen LogP) is 4.03. The zero-order valence-corrected chi connectivity index (χ0v) is 21.8. The number of nitrogens with zero attached hydrogens (tertiary/aromatic N) is 1. The van der Waals surface area contributed by atoms with Gasteiger partial charge in [-0.05, 0) is 53.6 Å². The van der Waals surface area contributed by atoms with Gasteiger partial charge in [-0.2, -0.15) is 0 Å². The van der Waals surface area contributed by atoms with Crippen molar-refractivity contribution in [2.45, 2.75) is 12.5 Å². The molecule has 9 heteroatoms. The molecule has 0 radical (unpaired) electrons. The number of ether oxygens (including phenoxy) is 4. The van der Waals surface area contributed by atoms with Crippen molar-refractivity contribution < 1.29 is 32.9 Å². The topological polar surface area (TPSA) is 86.3 Å². The van der Waals surface area contributed by atoms with E-state index in [4.69, 9.17) is 18.9 Å². The Balaban J connectivity index is 1.65. The number of nitrogens with one attached hydrogen (secondary N) is 1. The first kappa shape index (κ1) is 26.8. The van der Waals surface area contributed by atoms with E-state index in [0.717, 1.165) is 11.1 Å². The molecule has 0 aromatic heterocycles. The van der Waals surface area contributed by atoms with Crippen molar-refractivity contribution in [2.24, 2.45) is 5.92 Å². The average molecular weight is 523 g/mol. The maximum atomic E-state index is 13.5. The van der Waals surface area contributed by atoms with Gasteiger partial charge in [-0.3, -0.25) is 9.59 Å². The predicted molar refractivity (Wildman–Crippen MR) is 139 cm³/mol. The lowest BCUT2D eigenvalue weighted by Crippen LogP contribution is -2.35. The van der Waals surface area contributed by atoms with Crippen LogP contribution in [0.3, 0.4) is 0 Å². The zero-order chi connectivity index (χ0) is 27.2. The van der Waals surface area contributed by atoms with E-state index in [-0.39, 0.29) is 36.6 Å². The molecule has 1 fully saturated rings. The summed E-state index contributed by atoms with van der Waals surface area (Å²) in [6, 6.07) is 16.5. The molecule has 200 valence electrons. The fourth-order valence-corrected chi connectivity index (χ4v) is 4.75. The highest BCUT2D eigenvalue weighted by molar-refractivity contribution is 5.95. The van der Waals surface area contributed by atoms with Crippen LogP contribution >= 0.6 is 0 Å². The Hall–Kier alpha value is -4.27. The minimum Gasteiger partial charge on any atom is -0.497 e. The highest BCUT2D eigenvalue weighted by Crippen LogP contribution is 2.43. The third-order valence-electron chi connectivity index (χ3n) is 6.76. The van der Waals surface area contributed by atoms with Gasteiger partial charge in [0.25, 0.3) is 5.91 Å². The minimum atomic E-state index is -0.548. The van der Waals surface area contributed by atoms with Crippen molar-refractivity contribution in [1.29, 1.82) is 0 Å². The lowest BCUT2D eigenvalue weighted by Gasteiger charge is -2.21. The molecule has 1 N–H and O–H groups in total. The van der Waals surface area contributed by atoms with Crippen molar-refractivity contribution in [2.75, 3.05) is 41.5 Å². The van der Waals surface area contributed by atoms with E-state index in [1.807, 2.05) is 12.1 Å². The molecule has 2 atom stereocenters. The Morgan fingerprint density at radius 1 is 0.895 bits per heavy atom. The third-order valence-corrected chi connectivity index (χ3v) is 6.76. The quantitative estimate of drug-likeness (QED) is 0.457. The molecule has 0 saturated carbocycles. The van der Waals surface area contributed by atoms with E-state index in [0.29, 0.717) is 35.1 Å². The van der Waals surface area contributed by atoms with Crippen LogP contribution in [0.25, 0.3) is 0 Å². The monoisotopic (exact) mass is 522 g/mol. The second kappa shape index (κ2) is 11.9. The fourth-order valence-electron chi connectivity index (χ4n) is 4.75. The molecule has 4 rings (SSSR count). The van der Waals surface area contributed by atoms with Crippen LogP contribution in [-0.2, 0) is 11.3 Å². The van der Waals surface area contributed by atoms with Crippen LogP contribution in [0.4, 0.5) is 4.39 Å². The summed E-state index contributed by atoms with van der Waals surface area (Å²) >= 11 is 0. The maximum Gasteiger partial charge on any atom is 0.254 e. The van der Waals surface area contributed by atoms with Gasteiger partial charge in [0, 0.05) is 31.1 Å². The lowest BCUT2D eigenvalue weighted by atomic mass is 9.87. The highest BCUT2D eigenvalue weighted by atomic mass is 19.1. The van der Waals surface area contributed by atoms with Gasteiger partial charge in [0.2, 0.25) is 11.7 Å². The smallest absolute Gasteiger partial charge is 0.254 e. The van der Waals surface area contributed by atoms with Crippen LogP contribution in [0.2, 0.25) is 0 Å². The Kier molecular flexibility index (Phi) is 8.35. The Bertz CT molecular complexity index is 1270. The van der Waals surface area contributed by atoms with Crippen LogP contribution < -0.4 is 24.3 Å². The summed E-state index contributed by atoms with van der Waals surface area (Å²) in [6.45, 7) is 0.761. The largest absolute Gasteiger partial charge is 0.497 e. The molecule has 3 aromatic rings. The summed E-state index contributed by atoms with van der Waals surface area (Å²) in [5, 5.41) is 2.95. The molecule has 1 saturated heterocycles. The number of hydrogen-bond donors (Lipinski definition) is 1. The van der Waals surface area contributed by atoms with Gasteiger partial charge in [0.15, 0.2) is 11.5 Å². The molecular weight excluding hydrogens is 491 g/mol. The van der Waals surface area contributed by atoms with E-state index in [9.17, 15) is 14.0 Å². The molecule has 1 aliphatic heterocycles. The van der Waals surface area contributed by atoms with Crippen molar-refractivity contribution in [1.82, 2.24) is 10.2 Å². The zero-order valence-electron chi connectivity index (χ0n) is 21.8. The standard InChI is InChI=1S/C29H31FN2O6/c1-35-22-7-5-6-19(12-22)29(34)32-16-23(20-13-25(36-2)27(38-4)26(14-20)37-3)24(17-32)28(33)31-15-18-8-10-21(30)11-9-18/h5-14,23-24H,15-17H2,1-4H3,(H,31,33)/t23-,24+/m0/s1. The van der Waals surface area contributed by atoms with E-state index in [1.54, 1.807) is 48.4 Å². The van der Waals surface area contributed by atoms with Crippen LogP contribution in [0.5, 0.6) is 23.0 Å². The number of hydrogen-bond acceptors (Lipinski definition) is 6. The molecule has 38 heavy (non-hydrogen) atoms. The molecule has 1 aliphatic rings. The Labute approximate surface area is 221 Å². The third kappa shape index (κ3) is 5.66. The Morgan fingerprint density at radius 3 is 2.18 bits per heavy atom. The van der Waals surface area contributed by atoms with Crippen LogP contribution in [-0.4, -0.2) is 58.2 Å². The van der Waals surface area contributed by atoms with E-state index >= 15 is 0 Å². The van der Waals surface area contributed by atoms with Gasteiger partial charge < -0.3 is 29.2 Å². The van der Waals surface area contributed by atoms with E-state index in [2.05, 4.69) is 5.32 Å². The summed E-state index contributed by atoms with van der Waals surface area (Å²) in [6.07, 6.45) is 0. The van der Waals surface area contributed by atoms with Gasteiger partial charge in [-0.1, -0.05) is 18.2 Å². The van der Waals surface area contributed by atoms with Gasteiger partial charge in [0.05, 0.1) is 34.4 Å². The molecule has 2 amide bonds. The first-order valence-corrected chi connectivity index (χ1v) is 12.1. The minimum absolute atomic E-state index is 0.199. The van der Waals surface area contributed by atoms with E-state index in [1.165, 1.54) is 33.5 Å². The summed E-state index contributed by atoms with van der Waals surface area (Å²) in [5.41, 5.74) is 2.02. The fraction of sp³-hybridized carbons (Fsp3) is 0.310. The maximum absolute atomic E-state index is 13.5. The van der Waals surface area contributed by atoms with Crippen molar-refractivity contribution in [3.05, 3.63) is 83.2 Å². The number of halogens is 1. The normalized spacial score (nSPS) is 16.6. The van der Waals surface area contributed by atoms with E-state index < -0.39 is 5.92 Å². The van der Waals surface area contributed by atoms with Gasteiger partial charge in [-0.15, -0.1) is 0 Å². The molecular formula is C29H31FN2O6. The Morgan fingerprint density at radius 2 is 1.58 bits per heavy atom. The SMILES string of the molecule is COc1cccc(C(=O)N2C[C@@H](C(=O)NCc3ccc(F)cc3)[C@H](c3cc(OC)c(OC)c(OC)c3)C2)c1. The number of rotatable bonds is 9. The average Bonchev–Trinajstić information content (AvgIpc) is 3.41. The van der Waals surface area contributed by atoms with Crippen LogP contribution in [0, 0.1) is 11.7 Å².